The van der Waals surface area contributed by atoms with E-state index >= 15 is 0 Å². The standard InChI is InChI=1S/C14H6Cl2F3NO4/c15-9-3-1-7(5-10(9)16)13(21)24-12-4-2-8(14(17,18)19)6-11(12)20(22)23/h1-6H. The SMILES string of the molecule is O=C(Oc1ccc(C(F)(F)F)cc1[N+](=O)[O-])c1ccc(Cl)c(Cl)c1. The van der Waals surface area contributed by atoms with Gasteiger partial charge in [0.15, 0.2) is 0 Å². The van der Waals surface area contributed by atoms with Gasteiger partial charge in [-0.3, -0.25) is 10.1 Å². The van der Waals surface area contributed by atoms with E-state index in [1.807, 2.05) is 0 Å². The molecule has 0 saturated carbocycles. The van der Waals surface area contributed by atoms with Gasteiger partial charge in [0.25, 0.3) is 0 Å². The van der Waals surface area contributed by atoms with Crippen LogP contribution in [-0.2, 0) is 6.18 Å². The molecule has 2 aromatic carbocycles. The van der Waals surface area contributed by atoms with E-state index in [4.69, 9.17) is 27.9 Å². The second kappa shape index (κ2) is 6.66. The molecule has 5 nitrogen and oxygen atoms in total. The number of benzene rings is 2. The van der Waals surface area contributed by atoms with Crippen molar-refractivity contribution in [2.24, 2.45) is 0 Å². The maximum atomic E-state index is 12.6. The lowest BCUT2D eigenvalue weighted by molar-refractivity contribution is -0.385. The molecule has 2 aromatic rings. The normalized spacial score (nSPS) is 11.2. The van der Waals surface area contributed by atoms with E-state index < -0.39 is 34.1 Å². The van der Waals surface area contributed by atoms with Gasteiger partial charge in [0.05, 0.1) is 26.1 Å². The summed E-state index contributed by atoms with van der Waals surface area (Å²) < 4.78 is 42.7. The van der Waals surface area contributed by atoms with Crippen molar-refractivity contribution < 1.29 is 27.6 Å². The minimum Gasteiger partial charge on any atom is -0.416 e. The molecule has 0 unspecified atom stereocenters. The van der Waals surface area contributed by atoms with E-state index in [1.54, 1.807) is 0 Å². The summed E-state index contributed by atoms with van der Waals surface area (Å²) in [6, 6.07) is 5.30. The first kappa shape index (κ1) is 18.0. The van der Waals surface area contributed by atoms with Crippen LogP contribution in [0.5, 0.6) is 5.75 Å². The number of hydrogen-bond acceptors (Lipinski definition) is 4. The van der Waals surface area contributed by atoms with Crippen LogP contribution in [0.15, 0.2) is 36.4 Å². The molecule has 0 aliphatic rings. The zero-order chi connectivity index (χ0) is 18.1. The molecule has 0 fully saturated rings. The summed E-state index contributed by atoms with van der Waals surface area (Å²) in [4.78, 5) is 21.8. The van der Waals surface area contributed by atoms with E-state index in [9.17, 15) is 28.1 Å². The summed E-state index contributed by atoms with van der Waals surface area (Å²) in [5.74, 6) is -1.65. The molecule has 0 N–H and O–H groups in total. The molecule has 0 aromatic heterocycles. The van der Waals surface area contributed by atoms with Crippen LogP contribution in [0, 0.1) is 10.1 Å². The molecule has 0 bridgehead atoms. The number of esters is 1. The van der Waals surface area contributed by atoms with Gasteiger partial charge in [-0.2, -0.15) is 13.2 Å². The Kier molecular flexibility index (Phi) is 5.00. The van der Waals surface area contributed by atoms with E-state index in [-0.39, 0.29) is 21.7 Å². The van der Waals surface area contributed by atoms with Gasteiger partial charge in [0, 0.05) is 6.07 Å². The average molecular weight is 380 g/mol. The highest BCUT2D eigenvalue weighted by atomic mass is 35.5. The summed E-state index contributed by atoms with van der Waals surface area (Å²) in [5, 5.41) is 11.1. The first-order valence-corrected chi connectivity index (χ1v) is 6.88. The zero-order valence-electron chi connectivity index (χ0n) is 11.4. The summed E-state index contributed by atoms with van der Waals surface area (Å²) in [7, 11) is 0. The number of nitrogens with zero attached hydrogens (tertiary/aromatic N) is 1. The summed E-state index contributed by atoms with van der Waals surface area (Å²) in [5.41, 5.74) is -2.29. The van der Waals surface area contributed by atoms with Crippen LogP contribution in [0.3, 0.4) is 0 Å². The first-order chi connectivity index (χ1) is 11.1. The lowest BCUT2D eigenvalue weighted by Crippen LogP contribution is -2.11. The second-order valence-corrected chi connectivity index (χ2v) is 5.27. The largest absolute Gasteiger partial charge is 0.416 e. The van der Waals surface area contributed by atoms with Crippen LogP contribution in [0.2, 0.25) is 10.0 Å². The minimum absolute atomic E-state index is 0.0491. The van der Waals surface area contributed by atoms with Crippen LogP contribution >= 0.6 is 23.2 Å². The highest BCUT2D eigenvalue weighted by Gasteiger charge is 2.33. The number of ether oxygens (including phenoxy) is 1. The number of halogens is 5. The molecule has 0 heterocycles. The Morgan fingerprint density at radius 1 is 1.08 bits per heavy atom. The number of nitro benzene ring substituents is 1. The maximum Gasteiger partial charge on any atom is 0.416 e. The smallest absolute Gasteiger partial charge is 0.416 e. The Morgan fingerprint density at radius 2 is 1.75 bits per heavy atom. The number of hydrogen-bond donors (Lipinski definition) is 0. The molecule has 2 rings (SSSR count). The molecule has 10 heteroatoms. The zero-order valence-corrected chi connectivity index (χ0v) is 12.9. The van der Waals surface area contributed by atoms with Crippen molar-refractivity contribution in [3.05, 3.63) is 67.7 Å². The highest BCUT2D eigenvalue weighted by molar-refractivity contribution is 6.42. The topological polar surface area (TPSA) is 69.4 Å². The quantitative estimate of drug-likeness (QED) is 0.320. The maximum absolute atomic E-state index is 12.6. The summed E-state index contributed by atoms with van der Waals surface area (Å²) in [6.07, 6.45) is -4.77. The summed E-state index contributed by atoms with van der Waals surface area (Å²) in [6.45, 7) is 0. The van der Waals surface area contributed by atoms with Gasteiger partial charge in [0.1, 0.15) is 0 Å². The second-order valence-electron chi connectivity index (χ2n) is 4.46. The van der Waals surface area contributed by atoms with Crippen molar-refractivity contribution in [3.8, 4) is 5.75 Å². The van der Waals surface area contributed by atoms with Gasteiger partial charge in [0.2, 0.25) is 5.75 Å². The lowest BCUT2D eigenvalue weighted by Gasteiger charge is -2.09. The molecule has 0 saturated heterocycles. The fraction of sp³-hybridized carbons (Fsp3) is 0.0714. The minimum atomic E-state index is -4.77. The Bertz CT molecular complexity index is 824. The van der Waals surface area contributed by atoms with Crippen LogP contribution in [0.4, 0.5) is 18.9 Å². The predicted molar refractivity (Wildman–Crippen MR) is 79.5 cm³/mol. The van der Waals surface area contributed by atoms with E-state index in [0.717, 1.165) is 0 Å². The Labute approximate surface area is 142 Å². The lowest BCUT2D eigenvalue weighted by atomic mass is 10.2. The number of carbonyl (C=O) groups is 1. The average Bonchev–Trinajstić information content (AvgIpc) is 2.49. The fourth-order valence-electron chi connectivity index (χ4n) is 1.70. The third-order valence-electron chi connectivity index (χ3n) is 2.84. The van der Waals surface area contributed by atoms with Crippen molar-refractivity contribution in [2.75, 3.05) is 0 Å². The summed E-state index contributed by atoms with van der Waals surface area (Å²) >= 11 is 11.4. The van der Waals surface area contributed by atoms with Gasteiger partial charge < -0.3 is 4.74 Å². The molecule has 0 spiro atoms. The number of alkyl halides is 3. The molecule has 0 aliphatic carbocycles. The molecule has 0 atom stereocenters. The number of nitro groups is 1. The van der Waals surface area contributed by atoms with Crippen LogP contribution in [0.1, 0.15) is 15.9 Å². The van der Waals surface area contributed by atoms with Crippen molar-refractivity contribution in [1.82, 2.24) is 0 Å². The molecule has 0 amide bonds. The van der Waals surface area contributed by atoms with Crippen molar-refractivity contribution in [2.45, 2.75) is 6.18 Å². The molecule has 0 radical (unpaired) electrons. The molecule has 0 aliphatic heterocycles. The highest BCUT2D eigenvalue weighted by Crippen LogP contribution is 2.36. The molecular formula is C14H6Cl2F3NO4. The van der Waals surface area contributed by atoms with Gasteiger partial charge in [-0.15, -0.1) is 0 Å². The predicted octanol–water partition coefficient (Wildman–Crippen LogP) is 5.14. The van der Waals surface area contributed by atoms with Crippen molar-refractivity contribution in [3.63, 3.8) is 0 Å². The van der Waals surface area contributed by atoms with Gasteiger partial charge >= 0.3 is 17.8 Å². The third kappa shape index (κ3) is 3.95. The van der Waals surface area contributed by atoms with Gasteiger partial charge in [-0.1, -0.05) is 23.2 Å². The number of rotatable bonds is 3. The molecule has 126 valence electrons. The van der Waals surface area contributed by atoms with Crippen molar-refractivity contribution in [1.29, 1.82) is 0 Å². The first-order valence-electron chi connectivity index (χ1n) is 6.12. The van der Waals surface area contributed by atoms with E-state index in [2.05, 4.69) is 0 Å². The van der Waals surface area contributed by atoms with E-state index in [0.29, 0.717) is 12.1 Å². The third-order valence-corrected chi connectivity index (χ3v) is 3.58. The van der Waals surface area contributed by atoms with Crippen molar-refractivity contribution >= 4 is 34.9 Å². The van der Waals surface area contributed by atoms with Crippen LogP contribution in [-0.4, -0.2) is 10.9 Å². The Balaban J connectivity index is 2.36. The molecular weight excluding hydrogens is 374 g/mol. The van der Waals surface area contributed by atoms with E-state index in [1.165, 1.54) is 18.2 Å². The number of carbonyl (C=O) groups excluding carboxylic acids is 1. The monoisotopic (exact) mass is 379 g/mol. The fourth-order valence-corrected chi connectivity index (χ4v) is 2.00. The Hall–Kier alpha value is -2.32. The van der Waals surface area contributed by atoms with Crippen LogP contribution < -0.4 is 4.74 Å². The molecule has 24 heavy (non-hydrogen) atoms. The van der Waals surface area contributed by atoms with Gasteiger partial charge in [-0.05, 0) is 30.3 Å². The Morgan fingerprint density at radius 3 is 2.29 bits per heavy atom. The van der Waals surface area contributed by atoms with Gasteiger partial charge in [-0.25, -0.2) is 4.79 Å². The van der Waals surface area contributed by atoms with Crippen LogP contribution in [0.25, 0.3) is 0 Å².